The van der Waals surface area contributed by atoms with E-state index in [1.807, 2.05) is 32.5 Å². The van der Waals surface area contributed by atoms with Crippen molar-refractivity contribution in [2.45, 2.75) is 20.8 Å². The van der Waals surface area contributed by atoms with Gasteiger partial charge in [-0.25, -0.2) is 9.97 Å². The summed E-state index contributed by atoms with van der Waals surface area (Å²) in [4.78, 5) is 27.6. The van der Waals surface area contributed by atoms with Crippen molar-refractivity contribution in [3.63, 3.8) is 0 Å². The van der Waals surface area contributed by atoms with E-state index in [9.17, 15) is 4.79 Å². The Morgan fingerprint density at radius 2 is 2.17 bits per heavy atom. The van der Waals surface area contributed by atoms with Crippen molar-refractivity contribution in [1.29, 1.82) is 0 Å². The normalized spacial score (nSPS) is 18.9. The molecule has 0 aliphatic carbocycles. The van der Waals surface area contributed by atoms with Crippen molar-refractivity contribution in [2.75, 3.05) is 23.0 Å². The first-order valence-electron chi connectivity index (χ1n) is 9.94. The molecule has 1 atom stereocenters. The van der Waals surface area contributed by atoms with Crippen LogP contribution in [-0.2, 0) is 0 Å². The largest absolute Gasteiger partial charge is 0.347 e. The molecule has 0 spiro atoms. The van der Waals surface area contributed by atoms with E-state index in [0.29, 0.717) is 22.6 Å². The fraction of sp³-hybridized carbons (Fsp3) is 0.348. The highest BCUT2D eigenvalue weighted by Crippen LogP contribution is 2.37. The Hall–Kier alpha value is -2.60. The number of nitrogens with one attached hydrogen (secondary N) is 1. The number of rotatable bonds is 3. The fourth-order valence-corrected chi connectivity index (χ4v) is 5.25. The van der Waals surface area contributed by atoms with Crippen molar-refractivity contribution < 1.29 is 4.79 Å². The van der Waals surface area contributed by atoms with Crippen molar-refractivity contribution in [3.05, 3.63) is 54.0 Å². The van der Waals surface area contributed by atoms with Gasteiger partial charge in [-0.15, -0.1) is 0 Å². The predicted molar refractivity (Wildman–Crippen MR) is 119 cm³/mol. The molecule has 1 fully saturated rings. The molecule has 1 unspecified atom stereocenters. The van der Waals surface area contributed by atoms with E-state index in [0.717, 1.165) is 23.6 Å². The third kappa shape index (κ3) is 3.25. The zero-order valence-corrected chi connectivity index (χ0v) is 17.7. The summed E-state index contributed by atoms with van der Waals surface area (Å²) in [5.41, 5.74) is 5.95. The monoisotopic (exact) mass is 404 g/mol. The average molecular weight is 405 g/mol. The zero-order valence-electron chi connectivity index (χ0n) is 16.9. The van der Waals surface area contributed by atoms with Crippen LogP contribution in [0.5, 0.6) is 0 Å². The van der Waals surface area contributed by atoms with Crippen LogP contribution in [0.15, 0.2) is 48.4 Å². The van der Waals surface area contributed by atoms with Gasteiger partial charge in [-0.3, -0.25) is 4.79 Å². The predicted octanol–water partition coefficient (Wildman–Crippen LogP) is 4.92. The second-order valence-corrected chi connectivity index (χ2v) is 9.88. The van der Waals surface area contributed by atoms with Crippen molar-refractivity contribution in [2.24, 2.45) is 11.3 Å². The minimum atomic E-state index is -0.466. The molecule has 1 N–H and O–H groups in total. The molecule has 1 saturated heterocycles. The lowest BCUT2D eigenvalue weighted by atomic mass is 9.87. The van der Waals surface area contributed by atoms with Gasteiger partial charge >= 0.3 is 0 Å². The second-order valence-electron chi connectivity index (χ2n) is 8.85. The van der Waals surface area contributed by atoms with E-state index in [4.69, 9.17) is 4.98 Å². The maximum absolute atomic E-state index is 12.8. The Kier molecular flexibility index (Phi) is 4.28. The summed E-state index contributed by atoms with van der Waals surface area (Å²) in [6.45, 7) is 6.83. The molecule has 5 nitrogen and oxygen atoms in total. The van der Waals surface area contributed by atoms with E-state index in [1.54, 1.807) is 18.0 Å². The summed E-state index contributed by atoms with van der Waals surface area (Å²) < 4.78 is 0. The van der Waals surface area contributed by atoms with Crippen LogP contribution < -0.4 is 4.90 Å². The summed E-state index contributed by atoms with van der Waals surface area (Å²) in [5.74, 6) is 3.13. The van der Waals surface area contributed by atoms with Gasteiger partial charge in [0.15, 0.2) is 11.4 Å². The van der Waals surface area contributed by atoms with E-state index in [-0.39, 0.29) is 5.78 Å². The molecule has 1 aromatic carbocycles. The first-order valence-corrected chi connectivity index (χ1v) is 11.1. The van der Waals surface area contributed by atoms with Crippen LogP contribution in [0.1, 0.15) is 31.1 Å². The van der Waals surface area contributed by atoms with Gasteiger partial charge in [0.05, 0.1) is 17.5 Å². The van der Waals surface area contributed by atoms with Crippen molar-refractivity contribution in [1.82, 2.24) is 15.0 Å². The zero-order chi connectivity index (χ0) is 20.2. The summed E-state index contributed by atoms with van der Waals surface area (Å²) in [6, 6.07) is 8.43. The Labute approximate surface area is 174 Å². The molecule has 29 heavy (non-hydrogen) atoms. The minimum Gasteiger partial charge on any atom is -0.347 e. The molecule has 0 bridgehead atoms. The first-order chi connectivity index (χ1) is 13.9. The molecule has 2 aromatic heterocycles. The standard InChI is InChI=1S/C23H24N4OS/c1-23(2,3)21(28)18-8-24-22-20(18)26-19(9-25-22)14-5-4-6-17(7-14)27-10-15-12-29-13-16(15)11-27/h4-10,16H,11-13H2,1-3H3,(H,24,25). The molecule has 2 aliphatic rings. The van der Waals surface area contributed by atoms with Crippen LogP contribution >= 0.6 is 11.8 Å². The number of ketones is 1. The van der Waals surface area contributed by atoms with Gasteiger partial charge < -0.3 is 9.88 Å². The Balaban J connectivity index is 1.51. The van der Waals surface area contributed by atoms with Crippen molar-refractivity contribution in [3.8, 4) is 11.3 Å². The Morgan fingerprint density at radius 3 is 2.97 bits per heavy atom. The lowest BCUT2D eigenvalue weighted by molar-refractivity contribution is 0.0860. The van der Waals surface area contributed by atoms with Crippen LogP contribution in [0.3, 0.4) is 0 Å². The number of nitrogens with zero attached hydrogens (tertiary/aromatic N) is 3. The molecule has 2 aliphatic heterocycles. The minimum absolute atomic E-state index is 0.0667. The van der Waals surface area contributed by atoms with Crippen LogP contribution in [0, 0.1) is 11.3 Å². The molecule has 0 amide bonds. The number of aromatic amines is 1. The number of fused-ring (bicyclic) bond motifs is 2. The first kappa shape index (κ1) is 18.4. The summed E-state index contributed by atoms with van der Waals surface area (Å²) >= 11 is 2.03. The van der Waals surface area contributed by atoms with Crippen LogP contribution in [0.25, 0.3) is 22.4 Å². The number of hydrogen-bond acceptors (Lipinski definition) is 5. The number of hydrogen-bond donors (Lipinski definition) is 1. The Bertz CT molecular complexity index is 1140. The van der Waals surface area contributed by atoms with Gasteiger partial charge in [-0.2, -0.15) is 11.8 Å². The smallest absolute Gasteiger partial charge is 0.171 e. The Morgan fingerprint density at radius 1 is 1.31 bits per heavy atom. The molecule has 0 radical (unpaired) electrons. The van der Waals surface area contributed by atoms with E-state index in [2.05, 4.69) is 45.3 Å². The van der Waals surface area contributed by atoms with E-state index < -0.39 is 5.41 Å². The lowest BCUT2D eigenvalue weighted by Gasteiger charge is -2.18. The summed E-state index contributed by atoms with van der Waals surface area (Å²) in [7, 11) is 0. The van der Waals surface area contributed by atoms with Gasteiger partial charge in [0.1, 0.15) is 5.52 Å². The van der Waals surface area contributed by atoms with Gasteiger partial charge in [-0.1, -0.05) is 32.9 Å². The van der Waals surface area contributed by atoms with Crippen LogP contribution in [-0.4, -0.2) is 38.8 Å². The van der Waals surface area contributed by atoms with Crippen LogP contribution in [0.2, 0.25) is 0 Å². The number of benzene rings is 1. The van der Waals surface area contributed by atoms with Gasteiger partial charge in [0.25, 0.3) is 0 Å². The van der Waals surface area contributed by atoms with Crippen LogP contribution in [0.4, 0.5) is 5.69 Å². The third-order valence-electron chi connectivity index (χ3n) is 5.63. The lowest BCUT2D eigenvalue weighted by Crippen LogP contribution is -2.20. The highest BCUT2D eigenvalue weighted by atomic mass is 32.2. The molecule has 4 heterocycles. The number of aromatic nitrogens is 3. The number of Topliss-reactive ketones (excluding diaryl/α,β-unsaturated/α-hetero) is 1. The van der Waals surface area contributed by atoms with E-state index >= 15 is 0 Å². The fourth-order valence-electron chi connectivity index (χ4n) is 3.98. The van der Waals surface area contributed by atoms with Crippen molar-refractivity contribution >= 4 is 34.4 Å². The number of carbonyl (C=O) groups excluding carboxylic acids is 1. The number of anilines is 1. The maximum Gasteiger partial charge on any atom is 0.171 e. The molecular weight excluding hydrogens is 380 g/mol. The van der Waals surface area contributed by atoms with Gasteiger partial charge in [0.2, 0.25) is 0 Å². The van der Waals surface area contributed by atoms with Gasteiger partial charge in [-0.05, 0) is 17.7 Å². The molecule has 6 heteroatoms. The SMILES string of the molecule is CC(C)(C)C(=O)c1c[nH]c2ncc(-c3cccc(N4C=C5CSCC5C4)c3)nc12. The number of H-pyrrole nitrogens is 1. The molecule has 5 rings (SSSR count). The third-order valence-corrected chi connectivity index (χ3v) is 6.81. The molecule has 0 saturated carbocycles. The quantitative estimate of drug-likeness (QED) is 0.628. The summed E-state index contributed by atoms with van der Waals surface area (Å²) in [5, 5.41) is 0. The highest BCUT2D eigenvalue weighted by molar-refractivity contribution is 7.99. The second kappa shape index (κ2) is 6.73. The topological polar surface area (TPSA) is 61.9 Å². The van der Waals surface area contributed by atoms with E-state index in [1.165, 1.54) is 11.4 Å². The maximum atomic E-state index is 12.8. The number of thioether (sulfide) groups is 1. The number of carbonyl (C=O) groups is 1. The van der Waals surface area contributed by atoms with Gasteiger partial charge in [0, 0.05) is 53.0 Å². The molecular formula is C23H24N4OS. The average Bonchev–Trinajstić information content (AvgIpc) is 3.40. The highest BCUT2D eigenvalue weighted by Gasteiger charge is 2.30. The summed E-state index contributed by atoms with van der Waals surface area (Å²) in [6.07, 6.45) is 5.81. The molecule has 148 valence electrons. The molecule has 3 aromatic rings.